The summed E-state index contributed by atoms with van der Waals surface area (Å²) in [4.78, 5) is 24.5. The molecule has 0 aromatic carbocycles. The van der Waals surface area contributed by atoms with E-state index in [-0.39, 0.29) is 54.7 Å². The quantitative estimate of drug-likeness (QED) is 0.668. The van der Waals surface area contributed by atoms with Crippen molar-refractivity contribution in [2.24, 2.45) is 29.6 Å². The highest BCUT2D eigenvalue weighted by Gasteiger charge is 2.42. The van der Waals surface area contributed by atoms with Crippen LogP contribution in [0.15, 0.2) is 23.8 Å². The largest absolute Gasteiger partial charge is 0.462 e. The number of hydrogen-bond donors (Lipinski definition) is 1. The smallest absolute Gasteiger partial charge is 0.308 e. The second kappa shape index (κ2) is 9.46. The molecule has 5 heteroatoms. The van der Waals surface area contributed by atoms with Gasteiger partial charge in [0.1, 0.15) is 12.2 Å². The third kappa shape index (κ3) is 5.30. The minimum absolute atomic E-state index is 0.0199. The summed E-state index contributed by atoms with van der Waals surface area (Å²) >= 11 is 0. The second-order valence-electron chi connectivity index (χ2n) is 9.01. The van der Waals surface area contributed by atoms with Crippen molar-refractivity contribution in [3.8, 4) is 0 Å². The fourth-order valence-electron chi connectivity index (χ4n) is 5.04. The number of ether oxygens (including phenoxy) is 2. The van der Waals surface area contributed by atoms with E-state index in [4.69, 9.17) is 13.6 Å². The van der Waals surface area contributed by atoms with Gasteiger partial charge in [-0.05, 0) is 49.0 Å². The summed E-state index contributed by atoms with van der Waals surface area (Å²) in [5.41, 5.74) is 1.13. The molecule has 29 heavy (non-hydrogen) atoms. The first-order valence-corrected chi connectivity index (χ1v) is 11.0. The van der Waals surface area contributed by atoms with E-state index < -0.39 is 24.8 Å². The zero-order valence-corrected chi connectivity index (χ0v) is 17.7. The lowest BCUT2D eigenvalue weighted by molar-refractivity contribution is -0.162. The van der Waals surface area contributed by atoms with Crippen molar-refractivity contribution >= 4 is 11.9 Å². The van der Waals surface area contributed by atoms with Gasteiger partial charge in [0.2, 0.25) is 0 Å². The molecule has 0 unspecified atom stereocenters. The van der Waals surface area contributed by atoms with Gasteiger partial charge < -0.3 is 14.6 Å². The van der Waals surface area contributed by atoms with Crippen LogP contribution in [0.4, 0.5) is 0 Å². The van der Waals surface area contributed by atoms with Crippen molar-refractivity contribution in [1.29, 1.82) is 0 Å². The van der Waals surface area contributed by atoms with Crippen LogP contribution in [0.3, 0.4) is 0 Å². The maximum Gasteiger partial charge on any atom is 0.308 e. The fourth-order valence-corrected chi connectivity index (χ4v) is 5.04. The minimum Gasteiger partial charge on any atom is -0.462 e. The van der Waals surface area contributed by atoms with Gasteiger partial charge in [0, 0.05) is 16.5 Å². The zero-order chi connectivity index (χ0) is 23.6. The highest BCUT2D eigenvalue weighted by molar-refractivity contribution is 5.72. The Morgan fingerprint density at radius 2 is 2.17 bits per heavy atom. The lowest BCUT2D eigenvalue weighted by Crippen LogP contribution is -2.42. The molecule has 3 rings (SSSR count). The Kier molecular flexibility index (Phi) is 5.93. The SMILES string of the molecule is [2H]C([2H])([2H])[C@H](CC)C(=O)O[C@H]1C[C@@H](C)C=C2C=C[C@H](C)[C@H](CC[C@@H]3C[C@@H](O)CC(=O)O3)[C@H]21. The highest BCUT2D eigenvalue weighted by atomic mass is 16.5. The van der Waals surface area contributed by atoms with Crippen LogP contribution in [0.25, 0.3) is 0 Å². The Balaban J connectivity index is 1.77. The maximum atomic E-state index is 12.8. The van der Waals surface area contributed by atoms with Crippen LogP contribution in [-0.4, -0.2) is 35.4 Å². The number of fused-ring (bicyclic) bond motifs is 1. The summed E-state index contributed by atoms with van der Waals surface area (Å²) in [6.07, 6.45) is 7.91. The first kappa shape index (κ1) is 18.2. The van der Waals surface area contributed by atoms with Gasteiger partial charge in [-0.2, -0.15) is 0 Å². The Hall–Kier alpha value is -1.62. The molecule has 0 bridgehead atoms. The van der Waals surface area contributed by atoms with Crippen LogP contribution in [0.5, 0.6) is 0 Å². The van der Waals surface area contributed by atoms with E-state index in [0.29, 0.717) is 19.3 Å². The van der Waals surface area contributed by atoms with Gasteiger partial charge in [-0.1, -0.05) is 45.9 Å². The topological polar surface area (TPSA) is 72.8 Å². The van der Waals surface area contributed by atoms with Crippen molar-refractivity contribution < 1.29 is 28.3 Å². The predicted molar refractivity (Wildman–Crippen MR) is 111 cm³/mol. The number of hydrogen-bond acceptors (Lipinski definition) is 5. The van der Waals surface area contributed by atoms with Gasteiger partial charge in [0.15, 0.2) is 0 Å². The van der Waals surface area contributed by atoms with E-state index >= 15 is 0 Å². The number of esters is 2. The van der Waals surface area contributed by atoms with Crippen molar-refractivity contribution in [1.82, 2.24) is 0 Å². The molecule has 8 atom stereocenters. The monoisotopic (exact) mass is 407 g/mol. The van der Waals surface area contributed by atoms with Crippen molar-refractivity contribution in [3.05, 3.63) is 23.8 Å². The number of carbonyl (C=O) groups is 2. The summed E-state index contributed by atoms with van der Waals surface area (Å²) in [6, 6.07) is 0. The van der Waals surface area contributed by atoms with Crippen LogP contribution in [0.1, 0.15) is 70.3 Å². The first-order valence-electron chi connectivity index (χ1n) is 12.5. The van der Waals surface area contributed by atoms with Crippen molar-refractivity contribution in [2.45, 2.75) is 84.5 Å². The Morgan fingerprint density at radius 1 is 1.38 bits per heavy atom. The molecule has 162 valence electrons. The Labute approximate surface area is 178 Å². The van der Waals surface area contributed by atoms with Crippen LogP contribution in [0, 0.1) is 29.6 Å². The molecule has 0 saturated carbocycles. The summed E-state index contributed by atoms with van der Waals surface area (Å²) in [6.45, 7) is 3.53. The molecular formula is C24H36O5. The molecule has 0 radical (unpaired) electrons. The average molecular weight is 408 g/mol. The highest BCUT2D eigenvalue weighted by Crippen LogP contribution is 2.45. The van der Waals surface area contributed by atoms with Crippen molar-refractivity contribution in [2.75, 3.05) is 0 Å². The van der Waals surface area contributed by atoms with E-state index in [0.717, 1.165) is 12.0 Å². The number of aliphatic hydroxyl groups excluding tert-OH is 1. The fraction of sp³-hybridized carbons (Fsp3) is 0.750. The average Bonchev–Trinajstić information content (AvgIpc) is 2.66. The zero-order valence-electron chi connectivity index (χ0n) is 20.7. The maximum absolute atomic E-state index is 12.8. The standard InChI is InChI=1S/C24H36O5/c1-5-15(3)24(27)29-21-11-14(2)10-17-7-6-16(4)20(23(17)21)9-8-19-12-18(25)13-22(26)28-19/h6-7,10,14-16,18-21,23,25H,5,8-9,11-13H2,1-4H3/t14-,15+,16-,18+,19+,20-,21-,23-/m0/s1/i3D3. The molecule has 1 N–H and O–H groups in total. The molecule has 1 heterocycles. The first-order chi connectivity index (χ1) is 15.0. The van der Waals surface area contributed by atoms with Crippen LogP contribution in [0.2, 0.25) is 0 Å². The molecule has 1 fully saturated rings. The predicted octanol–water partition coefficient (Wildman–Crippen LogP) is 4.20. The molecule has 0 aromatic heterocycles. The molecular weight excluding hydrogens is 368 g/mol. The Bertz CT molecular complexity index is 759. The van der Waals surface area contributed by atoms with E-state index in [1.54, 1.807) is 6.92 Å². The molecule has 1 aliphatic heterocycles. The normalized spacial score (nSPS) is 39.9. The van der Waals surface area contributed by atoms with Gasteiger partial charge in [0.05, 0.1) is 18.4 Å². The minimum atomic E-state index is -2.38. The van der Waals surface area contributed by atoms with Gasteiger partial charge in [-0.3, -0.25) is 9.59 Å². The lowest BCUT2D eigenvalue weighted by Gasteiger charge is -2.43. The molecule has 0 spiro atoms. The number of carbonyl (C=O) groups excluding carboxylic acids is 2. The molecule has 0 amide bonds. The van der Waals surface area contributed by atoms with Gasteiger partial charge >= 0.3 is 11.9 Å². The summed E-state index contributed by atoms with van der Waals surface area (Å²) in [5.74, 6) is -1.52. The van der Waals surface area contributed by atoms with Gasteiger partial charge in [-0.15, -0.1) is 0 Å². The van der Waals surface area contributed by atoms with E-state index in [9.17, 15) is 14.7 Å². The molecule has 5 nitrogen and oxygen atoms in total. The second-order valence-corrected chi connectivity index (χ2v) is 9.01. The Morgan fingerprint density at radius 3 is 2.86 bits per heavy atom. The van der Waals surface area contributed by atoms with Crippen LogP contribution < -0.4 is 0 Å². The molecule has 1 saturated heterocycles. The van der Waals surface area contributed by atoms with Gasteiger partial charge in [0.25, 0.3) is 0 Å². The number of aliphatic hydroxyl groups is 1. The van der Waals surface area contributed by atoms with E-state index in [1.807, 2.05) is 0 Å². The number of allylic oxidation sites excluding steroid dienone is 3. The molecule has 0 aromatic rings. The molecule has 3 aliphatic rings. The third-order valence-electron chi connectivity index (χ3n) is 6.61. The van der Waals surface area contributed by atoms with Crippen LogP contribution >= 0.6 is 0 Å². The van der Waals surface area contributed by atoms with E-state index in [1.165, 1.54) is 0 Å². The lowest BCUT2D eigenvalue weighted by atomic mass is 9.65. The number of cyclic esters (lactones) is 1. The van der Waals surface area contributed by atoms with Gasteiger partial charge in [-0.25, -0.2) is 0 Å². The van der Waals surface area contributed by atoms with E-state index in [2.05, 4.69) is 32.1 Å². The summed E-state index contributed by atoms with van der Waals surface area (Å²) < 4.78 is 34.4. The summed E-state index contributed by atoms with van der Waals surface area (Å²) in [7, 11) is 0. The molecule has 2 aliphatic carbocycles. The number of rotatable bonds is 6. The third-order valence-corrected chi connectivity index (χ3v) is 6.61. The van der Waals surface area contributed by atoms with Crippen molar-refractivity contribution in [3.63, 3.8) is 0 Å². The van der Waals surface area contributed by atoms with Crippen LogP contribution in [-0.2, 0) is 19.1 Å². The summed E-state index contributed by atoms with van der Waals surface area (Å²) in [5, 5.41) is 9.91.